The summed E-state index contributed by atoms with van der Waals surface area (Å²) in [6.07, 6.45) is 1.76. The Morgan fingerprint density at radius 2 is 1.94 bits per heavy atom. The van der Waals surface area contributed by atoms with Gasteiger partial charge in [-0.05, 0) is 37.3 Å². The number of pyridine rings is 1. The maximum Gasteiger partial charge on any atom is 0.259 e. The number of hydrogen-bond acceptors (Lipinski definition) is 6. The molecule has 0 unspecified atom stereocenters. The number of aromatic hydroxyl groups is 1. The largest absolute Gasteiger partial charge is 0.507 e. The lowest BCUT2D eigenvalue weighted by molar-refractivity contribution is 0.0363. The second-order valence-corrected chi connectivity index (χ2v) is 7.60. The van der Waals surface area contributed by atoms with Gasteiger partial charge < -0.3 is 24.5 Å². The van der Waals surface area contributed by atoms with Gasteiger partial charge in [-0.25, -0.2) is 0 Å². The number of fused-ring (bicyclic) bond motifs is 1. The highest BCUT2D eigenvalue weighted by Gasteiger charge is 2.15. The Labute approximate surface area is 186 Å². The first-order chi connectivity index (χ1) is 15.6. The van der Waals surface area contributed by atoms with E-state index in [0.29, 0.717) is 35.4 Å². The van der Waals surface area contributed by atoms with Gasteiger partial charge in [-0.1, -0.05) is 6.07 Å². The Bertz CT molecular complexity index is 1170. The summed E-state index contributed by atoms with van der Waals surface area (Å²) in [5.41, 5.74) is 0.540. The van der Waals surface area contributed by atoms with Crippen LogP contribution in [-0.2, 0) is 11.3 Å². The molecule has 2 aromatic carbocycles. The van der Waals surface area contributed by atoms with Crippen LogP contribution in [0.25, 0.3) is 10.8 Å². The SMILES string of the molecule is CCOc1ccc(C(=O)Nc2cccc3c(=O)n(CCN4CCOCC4)ccc23)c(O)c1. The Morgan fingerprint density at radius 1 is 1.12 bits per heavy atom. The van der Waals surface area contributed by atoms with Gasteiger partial charge in [-0.2, -0.15) is 0 Å². The Morgan fingerprint density at radius 3 is 2.69 bits per heavy atom. The number of morpholine rings is 1. The van der Waals surface area contributed by atoms with Crippen LogP contribution >= 0.6 is 0 Å². The topological polar surface area (TPSA) is 93.0 Å². The van der Waals surface area contributed by atoms with E-state index < -0.39 is 5.91 Å². The molecular weight excluding hydrogens is 410 g/mol. The number of phenols is 1. The zero-order valence-electron chi connectivity index (χ0n) is 18.0. The predicted octanol–water partition coefficient (Wildman–Crippen LogP) is 2.69. The minimum Gasteiger partial charge on any atom is -0.507 e. The fourth-order valence-corrected chi connectivity index (χ4v) is 3.83. The zero-order valence-corrected chi connectivity index (χ0v) is 18.0. The molecule has 1 aliphatic rings. The third-order valence-corrected chi connectivity index (χ3v) is 5.55. The summed E-state index contributed by atoms with van der Waals surface area (Å²) in [4.78, 5) is 28.1. The predicted molar refractivity (Wildman–Crippen MR) is 123 cm³/mol. The summed E-state index contributed by atoms with van der Waals surface area (Å²) >= 11 is 0. The number of hydrogen-bond donors (Lipinski definition) is 2. The number of rotatable bonds is 7. The molecule has 8 heteroatoms. The van der Waals surface area contributed by atoms with Crippen LogP contribution in [0, 0.1) is 0 Å². The van der Waals surface area contributed by atoms with Crippen molar-refractivity contribution in [2.75, 3.05) is 44.8 Å². The van der Waals surface area contributed by atoms with E-state index in [1.807, 2.05) is 13.0 Å². The second kappa shape index (κ2) is 9.84. The molecule has 0 radical (unpaired) electrons. The van der Waals surface area contributed by atoms with Gasteiger partial charge in [0, 0.05) is 54.9 Å². The quantitative estimate of drug-likeness (QED) is 0.590. The molecule has 1 amide bonds. The molecule has 8 nitrogen and oxygen atoms in total. The summed E-state index contributed by atoms with van der Waals surface area (Å²) in [7, 11) is 0. The van der Waals surface area contributed by atoms with Gasteiger partial charge in [0.05, 0.1) is 25.4 Å². The lowest BCUT2D eigenvalue weighted by atomic mass is 10.1. The number of anilines is 1. The number of nitrogens with one attached hydrogen (secondary N) is 1. The summed E-state index contributed by atoms with van der Waals surface area (Å²) < 4.78 is 12.4. The van der Waals surface area contributed by atoms with E-state index in [9.17, 15) is 14.7 Å². The van der Waals surface area contributed by atoms with Gasteiger partial charge in [0.25, 0.3) is 11.5 Å². The molecule has 2 N–H and O–H groups in total. The molecule has 32 heavy (non-hydrogen) atoms. The van der Waals surface area contributed by atoms with Gasteiger partial charge in [0.1, 0.15) is 11.5 Å². The van der Waals surface area contributed by atoms with E-state index in [4.69, 9.17) is 9.47 Å². The van der Waals surface area contributed by atoms with Crippen LogP contribution in [0.1, 0.15) is 17.3 Å². The maximum atomic E-state index is 13.0. The standard InChI is InChI=1S/C24H27N3O5/c1-2-32-17-6-7-20(22(28)16-17)23(29)25-21-5-3-4-19-18(21)8-9-27(24(19)30)11-10-26-12-14-31-15-13-26/h3-9,16,28H,2,10-15H2,1H3,(H,25,29). The van der Waals surface area contributed by atoms with Gasteiger partial charge in [-0.15, -0.1) is 0 Å². The number of benzene rings is 2. The molecule has 3 aromatic rings. The van der Waals surface area contributed by atoms with Gasteiger partial charge in [-0.3, -0.25) is 14.5 Å². The van der Waals surface area contributed by atoms with Crippen molar-refractivity contribution in [3.05, 3.63) is 64.6 Å². The lowest BCUT2D eigenvalue weighted by Crippen LogP contribution is -2.39. The zero-order chi connectivity index (χ0) is 22.5. The number of carbonyl (C=O) groups excluding carboxylic acids is 1. The monoisotopic (exact) mass is 437 g/mol. The molecule has 0 bridgehead atoms. The van der Waals surface area contributed by atoms with Gasteiger partial charge >= 0.3 is 0 Å². The molecule has 0 aliphatic carbocycles. The van der Waals surface area contributed by atoms with Crippen molar-refractivity contribution < 1.29 is 19.4 Å². The molecule has 1 aromatic heterocycles. The number of aromatic nitrogens is 1. The fraction of sp³-hybridized carbons (Fsp3) is 0.333. The molecule has 1 saturated heterocycles. The Balaban J connectivity index is 1.54. The van der Waals surface area contributed by atoms with Crippen LogP contribution in [0.15, 0.2) is 53.5 Å². The molecule has 0 spiro atoms. The molecule has 0 saturated carbocycles. The number of amides is 1. The molecule has 168 valence electrons. The van der Waals surface area contributed by atoms with Crippen LogP contribution in [0.2, 0.25) is 0 Å². The first-order valence-corrected chi connectivity index (χ1v) is 10.8. The Hall–Kier alpha value is -3.36. The van der Waals surface area contributed by atoms with E-state index >= 15 is 0 Å². The van der Waals surface area contributed by atoms with Crippen molar-refractivity contribution in [1.82, 2.24) is 9.47 Å². The van der Waals surface area contributed by atoms with E-state index in [1.165, 1.54) is 12.1 Å². The summed E-state index contributed by atoms with van der Waals surface area (Å²) in [5.74, 6) is -0.141. The first-order valence-electron chi connectivity index (χ1n) is 10.8. The first kappa shape index (κ1) is 21.9. The molecule has 2 heterocycles. The maximum absolute atomic E-state index is 13.0. The van der Waals surface area contributed by atoms with Crippen molar-refractivity contribution in [2.24, 2.45) is 0 Å². The third kappa shape index (κ3) is 4.76. The van der Waals surface area contributed by atoms with E-state index in [2.05, 4.69) is 10.2 Å². The minimum absolute atomic E-state index is 0.101. The van der Waals surface area contributed by atoms with Crippen LogP contribution in [0.3, 0.4) is 0 Å². The van der Waals surface area contributed by atoms with Crippen LogP contribution in [-0.4, -0.2) is 59.9 Å². The Kier molecular flexibility index (Phi) is 6.72. The number of ether oxygens (including phenoxy) is 2. The van der Waals surface area contributed by atoms with Crippen molar-refractivity contribution in [1.29, 1.82) is 0 Å². The molecule has 0 atom stereocenters. The molecule has 1 fully saturated rings. The number of nitrogens with zero attached hydrogens (tertiary/aromatic N) is 2. The number of carbonyl (C=O) groups is 1. The summed E-state index contributed by atoms with van der Waals surface area (Å²) in [6, 6.07) is 11.6. The molecule has 4 rings (SSSR count). The van der Waals surface area contributed by atoms with Crippen LogP contribution in [0.5, 0.6) is 11.5 Å². The molecular formula is C24H27N3O5. The second-order valence-electron chi connectivity index (χ2n) is 7.60. The lowest BCUT2D eigenvalue weighted by Gasteiger charge is -2.26. The average molecular weight is 437 g/mol. The minimum atomic E-state index is -0.463. The van der Waals surface area contributed by atoms with Crippen molar-refractivity contribution in [3.63, 3.8) is 0 Å². The molecule has 1 aliphatic heterocycles. The van der Waals surface area contributed by atoms with Crippen molar-refractivity contribution in [3.8, 4) is 11.5 Å². The highest BCUT2D eigenvalue weighted by atomic mass is 16.5. The average Bonchev–Trinajstić information content (AvgIpc) is 2.80. The normalized spacial score (nSPS) is 14.4. The van der Waals surface area contributed by atoms with Crippen molar-refractivity contribution >= 4 is 22.4 Å². The highest BCUT2D eigenvalue weighted by molar-refractivity contribution is 6.10. The fourth-order valence-electron chi connectivity index (χ4n) is 3.83. The summed E-state index contributed by atoms with van der Waals surface area (Å²) in [5, 5.41) is 14.2. The highest BCUT2D eigenvalue weighted by Crippen LogP contribution is 2.26. The van der Waals surface area contributed by atoms with Crippen LogP contribution in [0.4, 0.5) is 5.69 Å². The van der Waals surface area contributed by atoms with E-state index in [0.717, 1.165) is 32.8 Å². The van der Waals surface area contributed by atoms with E-state index in [-0.39, 0.29) is 16.9 Å². The van der Waals surface area contributed by atoms with E-state index in [1.54, 1.807) is 35.0 Å². The van der Waals surface area contributed by atoms with Crippen molar-refractivity contribution in [2.45, 2.75) is 13.5 Å². The van der Waals surface area contributed by atoms with Gasteiger partial charge in [0.2, 0.25) is 0 Å². The third-order valence-electron chi connectivity index (χ3n) is 5.55. The number of phenolic OH excluding ortho intramolecular Hbond substituents is 1. The smallest absolute Gasteiger partial charge is 0.259 e. The van der Waals surface area contributed by atoms with Crippen LogP contribution < -0.4 is 15.6 Å². The summed E-state index contributed by atoms with van der Waals surface area (Å²) in [6.45, 7) is 6.86. The van der Waals surface area contributed by atoms with Gasteiger partial charge in [0.15, 0.2) is 0 Å².